The summed E-state index contributed by atoms with van der Waals surface area (Å²) in [5, 5.41) is 11.1. The Morgan fingerprint density at radius 1 is 1.14 bits per heavy atom. The Morgan fingerprint density at radius 2 is 1.93 bits per heavy atom. The molecule has 0 amide bonds. The molecule has 6 heteroatoms. The summed E-state index contributed by atoms with van der Waals surface area (Å²) in [6, 6.07) is 10.7. The third-order valence-corrected chi connectivity index (χ3v) is 5.56. The topological polar surface area (TPSA) is 57.5 Å². The fourth-order valence-corrected chi connectivity index (χ4v) is 3.71. The van der Waals surface area contributed by atoms with Gasteiger partial charge in [-0.2, -0.15) is 5.10 Å². The van der Waals surface area contributed by atoms with Gasteiger partial charge in [0.15, 0.2) is 5.96 Å². The number of piperidine rings is 1. The standard InChI is InChI=1S/C23H36N6/c1-3-24-23(25-12-6-14-29-15-7-13-27-29)26-18-21-8-4-5-9-22(21)19-28-16-10-20(2)11-17-28/h4-5,7-9,13,15,20H,3,6,10-12,14,16-19H2,1-2H3,(H2,24,25,26). The van der Waals surface area contributed by atoms with Gasteiger partial charge in [-0.05, 0) is 62.4 Å². The number of aliphatic imine (C=N–C) groups is 1. The molecule has 3 rings (SSSR count). The molecule has 2 heterocycles. The van der Waals surface area contributed by atoms with E-state index >= 15 is 0 Å². The van der Waals surface area contributed by atoms with Crippen molar-refractivity contribution in [1.29, 1.82) is 0 Å². The Bertz CT molecular complexity index is 732. The van der Waals surface area contributed by atoms with Crippen LogP contribution in [0.5, 0.6) is 0 Å². The average molecular weight is 397 g/mol. The number of rotatable bonds is 9. The highest BCUT2D eigenvalue weighted by Gasteiger charge is 2.16. The van der Waals surface area contributed by atoms with Gasteiger partial charge in [-0.3, -0.25) is 9.58 Å². The quantitative estimate of drug-likeness (QED) is 0.388. The van der Waals surface area contributed by atoms with Gasteiger partial charge < -0.3 is 10.6 Å². The summed E-state index contributed by atoms with van der Waals surface area (Å²) in [6.07, 6.45) is 7.46. The van der Waals surface area contributed by atoms with Gasteiger partial charge in [0.25, 0.3) is 0 Å². The second-order valence-electron chi connectivity index (χ2n) is 7.97. The highest BCUT2D eigenvalue weighted by Crippen LogP contribution is 2.20. The van der Waals surface area contributed by atoms with Crippen LogP contribution >= 0.6 is 0 Å². The van der Waals surface area contributed by atoms with Gasteiger partial charge in [0.2, 0.25) is 0 Å². The molecule has 1 saturated heterocycles. The van der Waals surface area contributed by atoms with E-state index in [0.29, 0.717) is 6.54 Å². The molecule has 0 bridgehead atoms. The first-order valence-electron chi connectivity index (χ1n) is 11.0. The Labute approximate surface area is 175 Å². The number of aryl methyl sites for hydroxylation is 1. The fourth-order valence-electron chi connectivity index (χ4n) is 3.71. The highest BCUT2D eigenvalue weighted by atomic mass is 15.3. The molecule has 29 heavy (non-hydrogen) atoms. The summed E-state index contributed by atoms with van der Waals surface area (Å²) in [5.74, 6) is 1.75. The molecule has 158 valence electrons. The second-order valence-corrected chi connectivity index (χ2v) is 7.97. The first-order chi connectivity index (χ1) is 14.2. The molecule has 0 aliphatic carbocycles. The number of aromatic nitrogens is 2. The number of nitrogens with zero attached hydrogens (tertiary/aromatic N) is 4. The first kappa shape index (κ1) is 21.4. The SMILES string of the molecule is CCNC(=NCc1ccccc1CN1CCC(C)CC1)NCCCn1cccn1. The van der Waals surface area contributed by atoms with Gasteiger partial charge >= 0.3 is 0 Å². The minimum absolute atomic E-state index is 0.703. The van der Waals surface area contributed by atoms with Crippen LogP contribution in [0.1, 0.15) is 44.2 Å². The molecule has 1 aromatic carbocycles. The van der Waals surface area contributed by atoms with E-state index in [4.69, 9.17) is 4.99 Å². The molecule has 1 aliphatic rings. The molecule has 1 fully saturated rings. The number of guanidine groups is 1. The van der Waals surface area contributed by atoms with Crippen LogP contribution in [0.4, 0.5) is 0 Å². The maximum Gasteiger partial charge on any atom is 0.191 e. The number of nitrogens with one attached hydrogen (secondary N) is 2. The lowest BCUT2D eigenvalue weighted by Gasteiger charge is -2.30. The molecule has 2 N–H and O–H groups in total. The third kappa shape index (κ3) is 7.20. The van der Waals surface area contributed by atoms with Gasteiger partial charge in [0.05, 0.1) is 6.54 Å². The fraction of sp³-hybridized carbons (Fsp3) is 0.565. The van der Waals surface area contributed by atoms with E-state index in [1.807, 2.05) is 23.1 Å². The summed E-state index contributed by atoms with van der Waals surface area (Å²) >= 11 is 0. The summed E-state index contributed by atoms with van der Waals surface area (Å²) in [4.78, 5) is 7.42. The summed E-state index contributed by atoms with van der Waals surface area (Å²) < 4.78 is 1.96. The van der Waals surface area contributed by atoms with Crippen LogP contribution in [-0.2, 0) is 19.6 Å². The Balaban J connectivity index is 1.52. The molecule has 0 spiro atoms. The summed E-state index contributed by atoms with van der Waals surface area (Å²) in [7, 11) is 0. The maximum atomic E-state index is 4.84. The van der Waals surface area contributed by atoms with Crippen molar-refractivity contribution in [2.24, 2.45) is 10.9 Å². The molecule has 0 radical (unpaired) electrons. The minimum Gasteiger partial charge on any atom is -0.357 e. The van der Waals surface area contributed by atoms with Crippen molar-refractivity contribution in [3.05, 3.63) is 53.9 Å². The zero-order valence-electron chi connectivity index (χ0n) is 18.0. The van der Waals surface area contributed by atoms with E-state index in [9.17, 15) is 0 Å². The molecule has 1 aromatic heterocycles. The van der Waals surface area contributed by atoms with Crippen molar-refractivity contribution in [3.8, 4) is 0 Å². The van der Waals surface area contributed by atoms with Crippen molar-refractivity contribution < 1.29 is 0 Å². The lowest BCUT2D eigenvalue weighted by molar-refractivity contribution is 0.185. The lowest BCUT2D eigenvalue weighted by Crippen LogP contribution is -2.38. The second kappa shape index (κ2) is 11.6. The van der Waals surface area contributed by atoms with Crippen molar-refractivity contribution in [3.63, 3.8) is 0 Å². The number of likely N-dealkylation sites (tertiary alicyclic amines) is 1. The summed E-state index contributed by atoms with van der Waals surface area (Å²) in [6.45, 7) is 11.3. The van der Waals surface area contributed by atoms with Crippen LogP contribution < -0.4 is 10.6 Å². The predicted octanol–water partition coefficient (Wildman–Crippen LogP) is 3.26. The van der Waals surface area contributed by atoms with Crippen molar-refractivity contribution in [1.82, 2.24) is 25.3 Å². The number of hydrogen-bond acceptors (Lipinski definition) is 3. The molecular weight excluding hydrogens is 360 g/mol. The molecule has 0 saturated carbocycles. The third-order valence-electron chi connectivity index (χ3n) is 5.56. The van der Waals surface area contributed by atoms with Gasteiger partial charge in [0, 0.05) is 38.6 Å². The minimum atomic E-state index is 0.703. The van der Waals surface area contributed by atoms with E-state index in [1.54, 1.807) is 0 Å². The Hall–Kier alpha value is -2.34. The van der Waals surface area contributed by atoms with Crippen molar-refractivity contribution in [2.75, 3.05) is 26.2 Å². The Kier molecular flexibility index (Phi) is 8.56. The van der Waals surface area contributed by atoms with Crippen molar-refractivity contribution >= 4 is 5.96 Å². The zero-order valence-corrected chi connectivity index (χ0v) is 18.0. The van der Waals surface area contributed by atoms with Crippen LogP contribution in [-0.4, -0.2) is 46.8 Å². The molecule has 1 aliphatic heterocycles. The molecular formula is C23H36N6. The van der Waals surface area contributed by atoms with Gasteiger partial charge in [-0.1, -0.05) is 31.2 Å². The first-order valence-corrected chi connectivity index (χ1v) is 11.0. The van der Waals surface area contributed by atoms with E-state index in [0.717, 1.165) is 44.5 Å². The van der Waals surface area contributed by atoms with E-state index in [2.05, 4.69) is 58.7 Å². The van der Waals surface area contributed by atoms with Crippen LogP contribution in [0, 0.1) is 5.92 Å². The van der Waals surface area contributed by atoms with E-state index in [1.165, 1.54) is 37.1 Å². The van der Waals surface area contributed by atoms with Crippen LogP contribution in [0.3, 0.4) is 0 Å². The maximum absolute atomic E-state index is 4.84. The zero-order chi connectivity index (χ0) is 20.3. The molecule has 0 unspecified atom stereocenters. The largest absolute Gasteiger partial charge is 0.357 e. The smallest absolute Gasteiger partial charge is 0.191 e. The van der Waals surface area contributed by atoms with E-state index in [-0.39, 0.29) is 0 Å². The van der Waals surface area contributed by atoms with Gasteiger partial charge in [-0.15, -0.1) is 0 Å². The van der Waals surface area contributed by atoms with Crippen LogP contribution in [0.15, 0.2) is 47.7 Å². The summed E-state index contributed by atoms with van der Waals surface area (Å²) in [5.41, 5.74) is 2.72. The van der Waals surface area contributed by atoms with Crippen LogP contribution in [0.25, 0.3) is 0 Å². The molecule has 0 atom stereocenters. The predicted molar refractivity (Wildman–Crippen MR) is 120 cm³/mol. The van der Waals surface area contributed by atoms with E-state index < -0.39 is 0 Å². The van der Waals surface area contributed by atoms with Gasteiger partial charge in [0.1, 0.15) is 0 Å². The highest BCUT2D eigenvalue weighted by molar-refractivity contribution is 5.79. The number of benzene rings is 1. The Morgan fingerprint density at radius 3 is 2.66 bits per heavy atom. The lowest BCUT2D eigenvalue weighted by atomic mass is 9.98. The number of hydrogen-bond donors (Lipinski definition) is 2. The molecule has 2 aromatic rings. The van der Waals surface area contributed by atoms with Gasteiger partial charge in [-0.25, -0.2) is 4.99 Å². The average Bonchev–Trinajstić information content (AvgIpc) is 3.25. The molecule has 6 nitrogen and oxygen atoms in total. The van der Waals surface area contributed by atoms with Crippen LogP contribution in [0.2, 0.25) is 0 Å². The monoisotopic (exact) mass is 396 g/mol. The van der Waals surface area contributed by atoms with Crippen molar-refractivity contribution in [2.45, 2.75) is 52.7 Å². The normalized spacial score (nSPS) is 16.1.